The van der Waals surface area contributed by atoms with Gasteiger partial charge in [0.2, 0.25) is 10.0 Å². The van der Waals surface area contributed by atoms with Crippen molar-refractivity contribution < 1.29 is 13.5 Å². The van der Waals surface area contributed by atoms with Crippen LogP contribution < -0.4 is 4.72 Å². The largest absolute Gasteiger partial charge is 0.392 e. The van der Waals surface area contributed by atoms with Gasteiger partial charge in [-0.25, -0.2) is 13.1 Å². The molecule has 70 valence electrons. The molecule has 1 heterocycles. The Morgan fingerprint density at radius 2 is 2.23 bits per heavy atom. The maximum absolute atomic E-state index is 11.3. The van der Waals surface area contributed by atoms with Gasteiger partial charge in [0, 0.05) is 6.54 Å². The molecule has 0 radical (unpaired) electrons. The molecule has 1 aliphatic heterocycles. The molecule has 0 bridgehead atoms. The zero-order valence-corrected chi connectivity index (χ0v) is 7.63. The Bertz CT molecular complexity index is 439. The lowest BCUT2D eigenvalue weighted by atomic mass is 10.1. The Morgan fingerprint density at radius 1 is 1.46 bits per heavy atom. The minimum atomic E-state index is -3.26. The van der Waals surface area contributed by atoms with Crippen LogP contribution in [0.2, 0.25) is 0 Å². The van der Waals surface area contributed by atoms with Crippen LogP contribution in [-0.2, 0) is 23.2 Å². The summed E-state index contributed by atoms with van der Waals surface area (Å²) < 4.78 is 25.0. The Morgan fingerprint density at radius 3 is 2.92 bits per heavy atom. The van der Waals surface area contributed by atoms with Crippen LogP contribution in [0.25, 0.3) is 0 Å². The fraction of sp³-hybridized carbons (Fsp3) is 0.250. The third-order valence-electron chi connectivity index (χ3n) is 2.05. The van der Waals surface area contributed by atoms with Crippen LogP contribution in [-0.4, -0.2) is 13.5 Å². The molecule has 0 saturated carbocycles. The normalized spacial score (nSPS) is 18.5. The molecule has 5 heteroatoms. The highest BCUT2D eigenvalue weighted by atomic mass is 32.2. The van der Waals surface area contributed by atoms with E-state index in [2.05, 4.69) is 4.72 Å². The van der Waals surface area contributed by atoms with Crippen molar-refractivity contribution in [1.29, 1.82) is 0 Å². The molecule has 1 aromatic rings. The van der Waals surface area contributed by atoms with Crippen LogP contribution in [0.1, 0.15) is 11.1 Å². The minimum Gasteiger partial charge on any atom is -0.392 e. The molecule has 0 fully saturated rings. The van der Waals surface area contributed by atoms with Gasteiger partial charge in [-0.05, 0) is 17.2 Å². The molecule has 1 aromatic carbocycles. The second kappa shape index (κ2) is 2.80. The standard InChI is InChI=1S/C8H9NO3S/c10-5-6-1-2-8-7(3-6)4-9-13(8,11)12/h1-3,9-10H,4-5H2. The fourth-order valence-corrected chi connectivity index (χ4v) is 2.61. The molecule has 0 atom stereocenters. The molecule has 0 aliphatic carbocycles. The molecular weight excluding hydrogens is 190 g/mol. The number of benzene rings is 1. The van der Waals surface area contributed by atoms with E-state index < -0.39 is 10.0 Å². The predicted octanol–water partition coefficient (Wildman–Crippen LogP) is -0.0292. The van der Waals surface area contributed by atoms with Crippen LogP contribution in [0, 0.1) is 0 Å². The van der Waals surface area contributed by atoms with Gasteiger partial charge in [0.05, 0.1) is 11.5 Å². The number of hydrogen-bond donors (Lipinski definition) is 2. The van der Waals surface area contributed by atoms with Gasteiger partial charge in [-0.2, -0.15) is 0 Å². The van der Waals surface area contributed by atoms with E-state index in [-0.39, 0.29) is 6.61 Å². The van der Waals surface area contributed by atoms with Gasteiger partial charge in [0.15, 0.2) is 0 Å². The summed E-state index contributed by atoms with van der Waals surface area (Å²) >= 11 is 0. The Labute approximate surface area is 76.3 Å². The Balaban J connectivity index is 2.59. The first-order valence-corrected chi connectivity index (χ1v) is 5.34. The van der Waals surface area contributed by atoms with Crippen LogP contribution in [0.15, 0.2) is 23.1 Å². The maximum Gasteiger partial charge on any atom is 0.241 e. The van der Waals surface area contributed by atoms with Crippen molar-refractivity contribution in [2.24, 2.45) is 0 Å². The van der Waals surface area contributed by atoms with Gasteiger partial charge >= 0.3 is 0 Å². The second-order valence-corrected chi connectivity index (χ2v) is 4.66. The summed E-state index contributed by atoms with van der Waals surface area (Å²) in [6.45, 7) is 0.263. The second-order valence-electron chi connectivity index (χ2n) is 2.92. The fourth-order valence-electron chi connectivity index (χ4n) is 1.38. The van der Waals surface area contributed by atoms with E-state index in [4.69, 9.17) is 5.11 Å². The van der Waals surface area contributed by atoms with Crippen LogP contribution in [0.5, 0.6) is 0 Å². The average molecular weight is 199 g/mol. The molecule has 0 aromatic heterocycles. The van der Waals surface area contributed by atoms with E-state index in [0.717, 1.165) is 11.1 Å². The average Bonchev–Trinajstić information content (AvgIpc) is 2.42. The van der Waals surface area contributed by atoms with Gasteiger partial charge in [-0.3, -0.25) is 0 Å². The lowest BCUT2D eigenvalue weighted by Crippen LogP contribution is -2.13. The molecule has 1 aliphatic rings. The molecule has 0 spiro atoms. The van der Waals surface area contributed by atoms with Gasteiger partial charge < -0.3 is 5.11 Å². The van der Waals surface area contributed by atoms with E-state index >= 15 is 0 Å². The van der Waals surface area contributed by atoms with Crippen molar-refractivity contribution in [1.82, 2.24) is 4.72 Å². The number of nitrogens with one attached hydrogen (secondary N) is 1. The van der Waals surface area contributed by atoms with Gasteiger partial charge in [0.1, 0.15) is 0 Å². The first kappa shape index (κ1) is 8.68. The Kier molecular flexibility index (Phi) is 1.87. The lowest BCUT2D eigenvalue weighted by molar-refractivity contribution is 0.281. The molecule has 13 heavy (non-hydrogen) atoms. The minimum absolute atomic E-state index is 0.0622. The highest BCUT2D eigenvalue weighted by Crippen LogP contribution is 2.22. The topological polar surface area (TPSA) is 66.4 Å². The zero-order valence-electron chi connectivity index (χ0n) is 6.82. The van der Waals surface area contributed by atoms with Crippen LogP contribution in [0.4, 0.5) is 0 Å². The Hall–Kier alpha value is -0.910. The summed E-state index contributed by atoms with van der Waals surface area (Å²) in [5.74, 6) is 0. The lowest BCUT2D eigenvalue weighted by Gasteiger charge is -1.99. The van der Waals surface area contributed by atoms with Crippen molar-refractivity contribution in [3.63, 3.8) is 0 Å². The molecular formula is C8H9NO3S. The summed E-state index contributed by atoms with van der Waals surface area (Å²) in [5, 5.41) is 8.83. The van der Waals surface area contributed by atoms with Crippen LogP contribution >= 0.6 is 0 Å². The maximum atomic E-state index is 11.3. The molecule has 0 amide bonds. The van der Waals surface area contributed by atoms with E-state index in [0.29, 0.717) is 11.4 Å². The summed E-state index contributed by atoms with van der Waals surface area (Å²) in [6, 6.07) is 4.84. The number of aliphatic hydroxyl groups excluding tert-OH is 1. The number of hydrogen-bond acceptors (Lipinski definition) is 3. The molecule has 0 saturated heterocycles. The van der Waals surface area contributed by atoms with Gasteiger partial charge in [-0.15, -0.1) is 0 Å². The first-order valence-electron chi connectivity index (χ1n) is 3.86. The van der Waals surface area contributed by atoms with E-state index in [9.17, 15) is 8.42 Å². The van der Waals surface area contributed by atoms with Crippen molar-refractivity contribution in [3.05, 3.63) is 29.3 Å². The van der Waals surface area contributed by atoms with E-state index in [1.807, 2.05) is 0 Å². The summed E-state index contributed by atoms with van der Waals surface area (Å²) in [6.07, 6.45) is 0. The molecule has 2 rings (SSSR count). The quantitative estimate of drug-likeness (QED) is 0.667. The van der Waals surface area contributed by atoms with E-state index in [1.54, 1.807) is 12.1 Å². The number of fused-ring (bicyclic) bond motifs is 1. The molecule has 0 unspecified atom stereocenters. The molecule has 2 N–H and O–H groups in total. The van der Waals surface area contributed by atoms with Gasteiger partial charge in [0.25, 0.3) is 0 Å². The third-order valence-corrected chi connectivity index (χ3v) is 3.55. The van der Waals surface area contributed by atoms with Crippen molar-refractivity contribution >= 4 is 10.0 Å². The summed E-state index contributed by atoms with van der Waals surface area (Å²) in [4.78, 5) is 0.324. The third kappa shape index (κ3) is 1.35. The SMILES string of the molecule is O=S1(=O)NCc2cc(CO)ccc21. The zero-order chi connectivity index (χ0) is 9.47. The van der Waals surface area contributed by atoms with Crippen LogP contribution in [0.3, 0.4) is 0 Å². The highest BCUT2D eigenvalue weighted by molar-refractivity contribution is 7.89. The molecule has 4 nitrogen and oxygen atoms in total. The number of aliphatic hydroxyl groups is 1. The monoisotopic (exact) mass is 199 g/mol. The predicted molar refractivity (Wildman–Crippen MR) is 46.4 cm³/mol. The smallest absolute Gasteiger partial charge is 0.241 e. The van der Waals surface area contributed by atoms with Gasteiger partial charge in [-0.1, -0.05) is 12.1 Å². The van der Waals surface area contributed by atoms with Crippen molar-refractivity contribution in [3.8, 4) is 0 Å². The highest BCUT2D eigenvalue weighted by Gasteiger charge is 2.24. The number of sulfonamides is 1. The summed E-state index contributed by atoms with van der Waals surface area (Å²) in [7, 11) is -3.26. The van der Waals surface area contributed by atoms with Crippen molar-refractivity contribution in [2.45, 2.75) is 18.0 Å². The number of rotatable bonds is 1. The van der Waals surface area contributed by atoms with E-state index in [1.165, 1.54) is 6.07 Å². The van der Waals surface area contributed by atoms with Crippen molar-refractivity contribution in [2.75, 3.05) is 0 Å². The first-order chi connectivity index (χ1) is 6.13. The summed E-state index contributed by atoms with van der Waals surface area (Å²) in [5.41, 5.74) is 1.46.